The lowest BCUT2D eigenvalue weighted by Crippen LogP contribution is -1.91. The van der Waals surface area contributed by atoms with Crippen molar-refractivity contribution in [2.24, 2.45) is 0 Å². The molecule has 0 atom stereocenters. The van der Waals surface area contributed by atoms with Gasteiger partial charge in [-0.2, -0.15) is 0 Å². The van der Waals surface area contributed by atoms with Crippen molar-refractivity contribution in [2.45, 2.75) is 6.92 Å². The largest absolute Gasteiger partial charge is 0.359 e. The molecule has 0 aliphatic carbocycles. The molecular formula is C2H7O4P. The molecule has 0 aliphatic rings. The Morgan fingerprint density at radius 1 is 1.29 bits per heavy atom. The van der Waals surface area contributed by atoms with Gasteiger partial charge in [-0.3, -0.25) is 0 Å². The van der Waals surface area contributed by atoms with Crippen molar-refractivity contribution in [2.75, 3.05) is 0 Å². The van der Waals surface area contributed by atoms with Crippen molar-refractivity contribution in [3.05, 3.63) is 0 Å². The van der Waals surface area contributed by atoms with Gasteiger partial charge in [-0.1, -0.05) is 0 Å². The van der Waals surface area contributed by atoms with Crippen LogP contribution in [0.15, 0.2) is 0 Å². The van der Waals surface area contributed by atoms with Crippen LogP contribution in [0.3, 0.4) is 0 Å². The van der Waals surface area contributed by atoms with Crippen LogP contribution in [0.2, 0.25) is 0 Å². The van der Waals surface area contributed by atoms with E-state index in [4.69, 9.17) is 19.8 Å². The average molecular weight is 126 g/mol. The molecule has 4 nitrogen and oxygen atoms in total. The van der Waals surface area contributed by atoms with Crippen LogP contribution in [0.25, 0.3) is 0 Å². The molecule has 0 radical (unpaired) electrons. The normalized spacial score (nSPS) is 11.6. The van der Waals surface area contributed by atoms with Crippen molar-refractivity contribution in [3.8, 4) is 0 Å². The molecule has 0 unspecified atom stereocenters. The van der Waals surface area contributed by atoms with E-state index in [0.717, 1.165) is 6.92 Å². The van der Waals surface area contributed by atoms with Gasteiger partial charge in [-0.25, -0.2) is 0 Å². The van der Waals surface area contributed by atoms with Gasteiger partial charge in [-0.05, 0) is 6.92 Å². The second-order valence-corrected chi connectivity index (χ2v) is 2.90. The Balaban J connectivity index is 4.28. The minimum absolute atomic E-state index is 0.729. The van der Waals surface area contributed by atoms with Gasteiger partial charge in [0.05, 0.1) is 0 Å². The Labute approximate surface area is 40.9 Å². The summed E-state index contributed by atoms with van der Waals surface area (Å²) in [6, 6.07) is 0. The number of aliphatic hydroxyl groups excluding tert-OH is 1. The van der Waals surface area contributed by atoms with E-state index in [0.29, 0.717) is 0 Å². The van der Waals surface area contributed by atoms with Crippen LogP contribution >= 0.6 is 7.57 Å². The summed E-state index contributed by atoms with van der Waals surface area (Å²) < 4.78 is 0. The first-order valence-electron chi connectivity index (χ1n) is 1.55. The van der Waals surface area contributed by atoms with E-state index < -0.39 is 13.0 Å². The molecule has 5 heteroatoms. The second kappa shape index (κ2) is 1.94. The van der Waals surface area contributed by atoms with E-state index in [-0.39, 0.29) is 0 Å². The zero-order valence-corrected chi connectivity index (χ0v) is 4.63. The summed E-state index contributed by atoms with van der Waals surface area (Å²) in [7, 11) is -4.02. The molecular weight excluding hydrogens is 119 g/mol. The molecule has 0 spiro atoms. The lowest BCUT2D eigenvalue weighted by molar-refractivity contribution is 0.351. The molecule has 0 fully saturated rings. The highest BCUT2D eigenvalue weighted by Gasteiger charge is 2.04. The van der Waals surface area contributed by atoms with Gasteiger partial charge in [0, 0.05) is 0 Å². The highest BCUT2D eigenvalue weighted by molar-refractivity contribution is 7.59. The van der Waals surface area contributed by atoms with Crippen LogP contribution in [0.1, 0.15) is 6.92 Å². The standard InChI is InChI=1S/C2H7O4P/c1-2(3)7(4,5)6/h3-6H,1H3. The van der Waals surface area contributed by atoms with E-state index >= 15 is 0 Å². The van der Waals surface area contributed by atoms with Crippen molar-refractivity contribution in [3.63, 3.8) is 0 Å². The summed E-state index contributed by atoms with van der Waals surface area (Å²) in [5.41, 5.74) is -0.729. The maximum atomic E-state index is 8.10. The maximum absolute atomic E-state index is 8.10. The maximum Gasteiger partial charge on any atom is 0.276 e. The molecule has 44 valence electrons. The lowest BCUT2D eigenvalue weighted by Gasteiger charge is -2.01. The quantitative estimate of drug-likeness (QED) is 0.322. The van der Waals surface area contributed by atoms with Gasteiger partial charge in [0.25, 0.3) is 7.57 Å². The molecule has 0 rings (SSSR count). The third kappa shape index (κ3) is 2.79. The van der Waals surface area contributed by atoms with Crippen LogP contribution in [0, 0.1) is 0 Å². The first-order valence-corrected chi connectivity index (χ1v) is 3.19. The average Bonchev–Trinajstić information content (AvgIpc) is 1.31. The minimum atomic E-state index is -4.02. The third-order valence-corrected chi connectivity index (χ3v) is 1.30. The van der Waals surface area contributed by atoms with E-state index in [1.54, 1.807) is 0 Å². The molecule has 4 N–H and O–H groups in total. The smallest absolute Gasteiger partial charge is 0.276 e. The lowest BCUT2D eigenvalue weighted by atomic mass is 10.9. The van der Waals surface area contributed by atoms with Gasteiger partial charge in [0.1, 0.15) is 5.48 Å². The fourth-order valence-electron chi connectivity index (χ4n) is 0. The summed E-state index contributed by atoms with van der Waals surface area (Å²) in [5.74, 6) is 0. The molecule has 0 aromatic heterocycles. The monoisotopic (exact) mass is 126 g/mol. The summed E-state index contributed by atoms with van der Waals surface area (Å²) in [4.78, 5) is 24.1. The fraction of sp³-hybridized carbons (Fsp3) is 0.500. The second-order valence-electron chi connectivity index (χ2n) is 1.12. The molecule has 0 aromatic rings. The Kier molecular flexibility index (Phi) is 1.98. The molecule has 7 heavy (non-hydrogen) atoms. The number of hydrogen-bond acceptors (Lipinski definition) is 3. The fourth-order valence-corrected chi connectivity index (χ4v) is 0. The Morgan fingerprint density at radius 2 is 1.43 bits per heavy atom. The van der Waals surface area contributed by atoms with Crippen LogP contribution in [0.4, 0.5) is 0 Å². The zero-order chi connectivity index (χ0) is 6.08. The predicted molar refractivity (Wildman–Crippen MR) is 26.2 cm³/mol. The molecule has 0 aromatic carbocycles. The zero-order valence-electron chi connectivity index (χ0n) is 3.74. The van der Waals surface area contributed by atoms with Crippen LogP contribution in [-0.4, -0.2) is 25.3 Å². The first-order chi connectivity index (χ1) is 2.94. The van der Waals surface area contributed by atoms with Crippen LogP contribution < -0.4 is 0 Å². The summed E-state index contributed by atoms with van der Waals surface area (Å²) in [6.45, 7) is 1.02. The molecule has 0 bridgehead atoms. The van der Waals surface area contributed by atoms with E-state index in [9.17, 15) is 0 Å². The van der Waals surface area contributed by atoms with Gasteiger partial charge >= 0.3 is 0 Å². The minimum Gasteiger partial charge on any atom is -0.359 e. The van der Waals surface area contributed by atoms with Gasteiger partial charge in [0.15, 0.2) is 0 Å². The predicted octanol–water partition coefficient (Wildman–Crippen LogP) is -0.752. The number of hydrogen-bond donors (Lipinski definition) is 4. The SMILES string of the molecule is CC(O)=P(O)(O)O. The van der Waals surface area contributed by atoms with Gasteiger partial charge < -0.3 is 19.8 Å². The van der Waals surface area contributed by atoms with E-state index in [1.165, 1.54) is 0 Å². The molecule has 0 amide bonds. The number of aliphatic hydroxyl groups is 1. The first kappa shape index (κ1) is 7.14. The van der Waals surface area contributed by atoms with Crippen LogP contribution in [-0.2, 0) is 0 Å². The van der Waals surface area contributed by atoms with E-state index in [2.05, 4.69) is 0 Å². The summed E-state index contributed by atoms with van der Waals surface area (Å²) in [5, 5.41) is 8.10. The highest BCUT2D eigenvalue weighted by atomic mass is 31.2. The summed E-state index contributed by atoms with van der Waals surface area (Å²) >= 11 is 0. The Hall–Kier alpha value is 0.140. The van der Waals surface area contributed by atoms with E-state index in [1.807, 2.05) is 0 Å². The van der Waals surface area contributed by atoms with Crippen molar-refractivity contribution in [1.29, 1.82) is 0 Å². The molecule has 0 heterocycles. The third-order valence-electron chi connectivity index (χ3n) is 0.434. The molecule has 0 saturated carbocycles. The van der Waals surface area contributed by atoms with Gasteiger partial charge in [-0.15, -0.1) is 0 Å². The summed E-state index contributed by atoms with van der Waals surface area (Å²) in [6.07, 6.45) is 0. The highest BCUT2D eigenvalue weighted by Crippen LogP contribution is 2.31. The van der Waals surface area contributed by atoms with Crippen molar-refractivity contribution >= 4 is 13.0 Å². The van der Waals surface area contributed by atoms with Crippen molar-refractivity contribution in [1.82, 2.24) is 0 Å². The van der Waals surface area contributed by atoms with Crippen LogP contribution in [0.5, 0.6) is 0 Å². The molecule has 0 saturated heterocycles. The van der Waals surface area contributed by atoms with Crippen molar-refractivity contribution < 1.29 is 19.8 Å². The topological polar surface area (TPSA) is 80.9 Å². The molecule has 0 aliphatic heterocycles. The Bertz CT molecular complexity index is 98.6. The van der Waals surface area contributed by atoms with Gasteiger partial charge in [0.2, 0.25) is 0 Å². The number of rotatable bonds is 0. The Morgan fingerprint density at radius 3 is 1.43 bits per heavy atom.